The van der Waals surface area contributed by atoms with Crippen LogP contribution in [0.25, 0.3) is 17.0 Å². The maximum Gasteiger partial charge on any atom is 0.328 e. The van der Waals surface area contributed by atoms with Crippen molar-refractivity contribution in [1.29, 1.82) is 0 Å². The van der Waals surface area contributed by atoms with Crippen molar-refractivity contribution in [3.8, 4) is 0 Å². The fraction of sp³-hybridized carbons (Fsp3) is 0.333. The topological polar surface area (TPSA) is 50.2 Å². The normalized spacial score (nSPS) is 11.9. The zero-order valence-electron chi connectivity index (χ0n) is 12.9. The summed E-state index contributed by atoms with van der Waals surface area (Å²) in [5.41, 5.74) is 4.03. The monoisotopic (exact) mass is 283 g/mol. The van der Waals surface area contributed by atoms with Gasteiger partial charge in [-0.25, -0.2) is 4.79 Å². The summed E-state index contributed by atoms with van der Waals surface area (Å²) in [5.74, 6) is -0.210. The molecule has 0 saturated heterocycles. The van der Waals surface area contributed by atoms with E-state index in [9.17, 15) is 4.79 Å². The van der Waals surface area contributed by atoms with Gasteiger partial charge in [-0.05, 0) is 47.2 Å². The maximum absolute atomic E-state index is 10.8. The number of aliphatic carboxylic acids is 1. The van der Waals surface area contributed by atoms with Crippen LogP contribution in [0.15, 0.2) is 30.3 Å². The van der Waals surface area contributed by atoms with Crippen molar-refractivity contribution in [2.24, 2.45) is 0 Å². The second-order valence-electron chi connectivity index (χ2n) is 5.89. The van der Waals surface area contributed by atoms with Gasteiger partial charge in [0.25, 0.3) is 0 Å². The summed E-state index contributed by atoms with van der Waals surface area (Å²) in [7, 11) is 0. The molecule has 0 aliphatic heterocycles. The van der Waals surface area contributed by atoms with E-state index >= 15 is 0 Å². The number of carboxylic acid groups (broad SMARTS) is 1. The molecule has 0 amide bonds. The summed E-state index contributed by atoms with van der Waals surface area (Å²) < 4.78 is 0. The van der Waals surface area contributed by atoms with E-state index in [1.54, 1.807) is 6.08 Å². The highest BCUT2D eigenvalue weighted by atomic mass is 16.4. The molecule has 0 fully saturated rings. The van der Waals surface area contributed by atoms with Gasteiger partial charge in [-0.15, -0.1) is 0 Å². The Bertz CT molecular complexity index is 700. The molecule has 1 aromatic heterocycles. The highest BCUT2D eigenvalue weighted by molar-refractivity contribution is 5.93. The number of rotatable bonds is 4. The number of carboxylic acids is 1. The molecule has 3 heteroatoms. The lowest BCUT2D eigenvalue weighted by atomic mass is 9.97. The Kier molecular flexibility index (Phi) is 4.41. The van der Waals surface area contributed by atoms with Crippen LogP contribution < -0.4 is 0 Å². The van der Waals surface area contributed by atoms with Gasteiger partial charge in [0.05, 0.1) is 5.52 Å². The van der Waals surface area contributed by atoms with Gasteiger partial charge >= 0.3 is 5.97 Å². The van der Waals surface area contributed by atoms with Crippen LogP contribution in [0.1, 0.15) is 56.4 Å². The van der Waals surface area contributed by atoms with Crippen molar-refractivity contribution in [3.05, 3.63) is 47.2 Å². The lowest BCUT2D eigenvalue weighted by Crippen LogP contribution is -1.97. The van der Waals surface area contributed by atoms with E-state index in [2.05, 4.69) is 44.8 Å². The van der Waals surface area contributed by atoms with Gasteiger partial charge in [0.15, 0.2) is 0 Å². The van der Waals surface area contributed by atoms with Crippen LogP contribution in [0.2, 0.25) is 0 Å². The molecular formula is C18H21NO2. The van der Waals surface area contributed by atoms with Gasteiger partial charge < -0.3 is 5.11 Å². The van der Waals surface area contributed by atoms with Crippen LogP contribution in [-0.2, 0) is 4.79 Å². The third kappa shape index (κ3) is 3.48. The van der Waals surface area contributed by atoms with Crippen molar-refractivity contribution in [2.75, 3.05) is 0 Å². The Labute approximate surface area is 125 Å². The van der Waals surface area contributed by atoms with Crippen molar-refractivity contribution in [2.45, 2.75) is 39.5 Å². The molecular weight excluding hydrogens is 262 g/mol. The third-order valence-corrected chi connectivity index (χ3v) is 3.55. The highest BCUT2D eigenvalue weighted by Crippen LogP contribution is 2.27. The highest BCUT2D eigenvalue weighted by Gasteiger charge is 2.09. The first-order valence-electron chi connectivity index (χ1n) is 7.24. The molecule has 0 saturated carbocycles. The average molecular weight is 283 g/mol. The van der Waals surface area contributed by atoms with Crippen LogP contribution >= 0.6 is 0 Å². The molecule has 2 rings (SSSR count). The summed E-state index contributed by atoms with van der Waals surface area (Å²) >= 11 is 0. The Hall–Kier alpha value is -2.16. The second-order valence-corrected chi connectivity index (χ2v) is 5.89. The lowest BCUT2D eigenvalue weighted by molar-refractivity contribution is -0.131. The Morgan fingerprint density at radius 2 is 1.86 bits per heavy atom. The summed E-state index contributed by atoms with van der Waals surface area (Å²) in [4.78, 5) is 15.5. The zero-order valence-corrected chi connectivity index (χ0v) is 12.9. The van der Waals surface area contributed by atoms with E-state index in [0.29, 0.717) is 11.8 Å². The first-order chi connectivity index (χ1) is 9.88. The summed E-state index contributed by atoms with van der Waals surface area (Å²) in [6.07, 6.45) is 2.84. The largest absolute Gasteiger partial charge is 0.478 e. The van der Waals surface area contributed by atoms with Crippen LogP contribution in [0.3, 0.4) is 0 Å². The van der Waals surface area contributed by atoms with Gasteiger partial charge in [0.1, 0.15) is 0 Å². The molecule has 0 spiro atoms. The molecule has 0 bridgehead atoms. The van der Waals surface area contributed by atoms with Crippen LogP contribution in [-0.4, -0.2) is 16.1 Å². The minimum Gasteiger partial charge on any atom is -0.478 e. The van der Waals surface area contributed by atoms with Crippen molar-refractivity contribution in [1.82, 2.24) is 4.98 Å². The van der Waals surface area contributed by atoms with E-state index in [0.717, 1.165) is 22.2 Å². The number of fused-ring (bicyclic) bond motifs is 1. The number of hydrogen-bond acceptors (Lipinski definition) is 2. The molecule has 2 aromatic rings. The number of nitrogens with zero attached hydrogens (tertiary/aromatic N) is 1. The van der Waals surface area contributed by atoms with E-state index < -0.39 is 5.97 Å². The maximum atomic E-state index is 10.8. The van der Waals surface area contributed by atoms with Crippen LogP contribution in [0.4, 0.5) is 0 Å². The molecule has 110 valence electrons. The first-order valence-corrected chi connectivity index (χ1v) is 7.24. The Morgan fingerprint density at radius 1 is 1.14 bits per heavy atom. The van der Waals surface area contributed by atoms with Crippen molar-refractivity contribution >= 4 is 22.9 Å². The minimum absolute atomic E-state index is 0.302. The standard InChI is InChI=1S/C18H21NO2/c1-11(2)13-5-7-16-15(9-13)14(6-8-18(20)21)10-17(19-16)12(3)4/h5-12H,1-4H3,(H,20,21)/b8-6+. The molecule has 0 aliphatic carbocycles. The van der Waals surface area contributed by atoms with E-state index in [1.165, 1.54) is 11.6 Å². The van der Waals surface area contributed by atoms with E-state index in [-0.39, 0.29) is 0 Å². The number of pyridine rings is 1. The summed E-state index contributed by atoms with van der Waals surface area (Å²) in [6.45, 7) is 8.45. The average Bonchev–Trinajstić information content (AvgIpc) is 2.43. The van der Waals surface area contributed by atoms with Gasteiger partial charge in [0, 0.05) is 17.2 Å². The number of hydrogen-bond donors (Lipinski definition) is 1. The van der Waals surface area contributed by atoms with E-state index in [1.807, 2.05) is 12.1 Å². The molecule has 0 unspecified atom stereocenters. The summed E-state index contributed by atoms with van der Waals surface area (Å²) in [6, 6.07) is 8.21. The second kappa shape index (κ2) is 6.08. The quantitative estimate of drug-likeness (QED) is 0.835. The molecule has 1 heterocycles. The molecule has 1 aromatic carbocycles. The molecule has 21 heavy (non-hydrogen) atoms. The van der Waals surface area contributed by atoms with Gasteiger partial charge in [-0.2, -0.15) is 0 Å². The minimum atomic E-state index is -0.939. The van der Waals surface area contributed by atoms with Gasteiger partial charge in [-0.3, -0.25) is 4.98 Å². The first kappa shape index (κ1) is 15.2. The van der Waals surface area contributed by atoms with Gasteiger partial charge in [0.2, 0.25) is 0 Å². The number of benzene rings is 1. The Morgan fingerprint density at radius 3 is 2.43 bits per heavy atom. The predicted molar refractivity (Wildman–Crippen MR) is 86.6 cm³/mol. The molecule has 0 aliphatic rings. The summed E-state index contributed by atoms with van der Waals surface area (Å²) in [5, 5.41) is 9.87. The fourth-order valence-electron chi connectivity index (χ4n) is 2.24. The molecule has 3 nitrogen and oxygen atoms in total. The van der Waals surface area contributed by atoms with Crippen molar-refractivity contribution in [3.63, 3.8) is 0 Å². The molecule has 0 atom stereocenters. The number of aromatic nitrogens is 1. The third-order valence-electron chi connectivity index (χ3n) is 3.55. The smallest absolute Gasteiger partial charge is 0.328 e. The fourth-order valence-corrected chi connectivity index (χ4v) is 2.24. The van der Waals surface area contributed by atoms with Crippen LogP contribution in [0.5, 0.6) is 0 Å². The van der Waals surface area contributed by atoms with E-state index in [4.69, 9.17) is 5.11 Å². The lowest BCUT2D eigenvalue weighted by Gasteiger charge is -2.12. The molecule has 0 radical (unpaired) electrons. The number of carbonyl (C=O) groups is 1. The zero-order chi connectivity index (χ0) is 15.6. The Balaban J connectivity index is 2.69. The van der Waals surface area contributed by atoms with Crippen molar-refractivity contribution < 1.29 is 9.90 Å². The SMILES string of the molecule is CC(C)c1ccc2nc(C(C)C)cc(/C=C/C(=O)O)c2c1. The van der Waals surface area contributed by atoms with Gasteiger partial charge in [-0.1, -0.05) is 33.8 Å². The molecule has 1 N–H and O–H groups in total. The predicted octanol–water partition coefficient (Wildman–Crippen LogP) is 4.58. The van der Waals surface area contributed by atoms with Crippen LogP contribution in [0, 0.1) is 0 Å².